The minimum atomic E-state index is -3.84. The molecule has 0 amide bonds. The number of ketones is 1. The number of dihydropyridines is 1. The first-order valence-electron chi connectivity index (χ1n) is 10.1. The number of hydrogen-bond donors (Lipinski definition) is 1. The van der Waals surface area contributed by atoms with Gasteiger partial charge in [0, 0.05) is 22.4 Å². The largest absolute Gasteiger partial charge is 0.357 e. The fraction of sp³-hybridized carbons (Fsp3) is 0.115. The highest BCUT2D eigenvalue weighted by atomic mass is 32.2. The number of rotatable bonds is 3. The van der Waals surface area contributed by atoms with Gasteiger partial charge in [-0.2, -0.15) is 0 Å². The van der Waals surface area contributed by atoms with Gasteiger partial charge in [0.15, 0.2) is 5.78 Å². The summed E-state index contributed by atoms with van der Waals surface area (Å²) >= 11 is 0. The van der Waals surface area contributed by atoms with Crippen LogP contribution in [0.2, 0.25) is 0 Å². The van der Waals surface area contributed by atoms with Gasteiger partial charge in [0.2, 0.25) is 9.84 Å². The summed E-state index contributed by atoms with van der Waals surface area (Å²) in [5.41, 5.74) is 5.01. The fourth-order valence-electron chi connectivity index (χ4n) is 4.47. The van der Waals surface area contributed by atoms with Crippen molar-refractivity contribution in [2.75, 3.05) is 0 Å². The van der Waals surface area contributed by atoms with Crippen LogP contribution in [0.25, 0.3) is 5.70 Å². The van der Waals surface area contributed by atoms with Crippen molar-refractivity contribution in [3.8, 4) is 0 Å². The Bertz CT molecular complexity index is 1380. The third kappa shape index (κ3) is 2.96. The molecule has 0 aromatic heterocycles. The molecule has 3 aromatic rings. The smallest absolute Gasteiger partial charge is 0.205 e. The standard InChI is InChI=1S/C26H21NO3S/c1-16-12-14-18(15-13-16)22-23-24(20-10-6-7-11-21(20)25(23)28)27-17(2)26(22)31(29,30)19-8-4-3-5-9-19/h3-15,22,27H,1-2H3. The van der Waals surface area contributed by atoms with Gasteiger partial charge in [-0.05, 0) is 31.5 Å². The molecule has 0 saturated heterocycles. The van der Waals surface area contributed by atoms with Gasteiger partial charge in [-0.25, -0.2) is 8.42 Å². The van der Waals surface area contributed by atoms with Gasteiger partial charge in [0.05, 0.1) is 21.4 Å². The minimum Gasteiger partial charge on any atom is -0.357 e. The van der Waals surface area contributed by atoms with Crippen LogP contribution in [0.5, 0.6) is 0 Å². The monoisotopic (exact) mass is 427 g/mol. The van der Waals surface area contributed by atoms with E-state index in [-0.39, 0.29) is 15.6 Å². The molecule has 1 N–H and O–H groups in total. The third-order valence-corrected chi connectivity index (χ3v) is 7.96. The molecule has 4 nitrogen and oxygen atoms in total. The lowest BCUT2D eigenvalue weighted by Gasteiger charge is -2.30. The first-order chi connectivity index (χ1) is 14.9. The molecule has 0 saturated carbocycles. The lowest BCUT2D eigenvalue weighted by atomic mass is 9.85. The Morgan fingerprint density at radius 3 is 2.06 bits per heavy atom. The summed E-state index contributed by atoms with van der Waals surface area (Å²) in [7, 11) is -3.84. The van der Waals surface area contributed by atoms with Gasteiger partial charge >= 0.3 is 0 Å². The maximum absolute atomic E-state index is 13.8. The Hall–Kier alpha value is -3.44. The molecule has 0 spiro atoms. The summed E-state index contributed by atoms with van der Waals surface area (Å²) in [6.45, 7) is 3.75. The summed E-state index contributed by atoms with van der Waals surface area (Å²) in [5.74, 6) is -0.807. The average molecular weight is 428 g/mol. The molecular formula is C26H21NO3S. The van der Waals surface area contributed by atoms with E-state index in [1.807, 2.05) is 49.4 Å². The maximum Gasteiger partial charge on any atom is 0.205 e. The number of fused-ring (bicyclic) bond motifs is 2. The molecule has 1 aliphatic carbocycles. The van der Waals surface area contributed by atoms with Crippen molar-refractivity contribution in [1.82, 2.24) is 5.32 Å². The topological polar surface area (TPSA) is 63.2 Å². The first-order valence-corrected chi connectivity index (χ1v) is 11.6. The average Bonchev–Trinajstić information content (AvgIpc) is 3.06. The molecule has 0 radical (unpaired) electrons. The zero-order valence-corrected chi connectivity index (χ0v) is 18.0. The Morgan fingerprint density at radius 2 is 1.39 bits per heavy atom. The number of carbonyl (C=O) groups is 1. The number of aryl methyl sites for hydroxylation is 1. The zero-order chi connectivity index (χ0) is 21.8. The molecule has 1 heterocycles. The summed E-state index contributed by atoms with van der Waals surface area (Å²) < 4.78 is 27.6. The van der Waals surface area contributed by atoms with Crippen LogP contribution in [0.4, 0.5) is 0 Å². The molecular weight excluding hydrogens is 406 g/mol. The number of nitrogens with one attached hydrogen (secondary N) is 1. The van der Waals surface area contributed by atoms with Gasteiger partial charge in [-0.15, -0.1) is 0 Å². The van der Waals surface area contributed by atoms with Crippen molar-refractivity contribution in [2.45, 2.75) is 24.7 Å². The van der Waals surface area contributed by atoms with Crippen molar-refractivity contribution in [2.24, 2.45) is 0 Å². The van der Waals surface area contributed by atoms with Crippen LogP contribution in [0.15, 0.2) is 99.9 Å². The molecule has 1 unspecified atom stereocenters. The van der Waals surface area contributed by atoms with E-state index in [0.29, 0.717) is 22.5 Å². The predicted molar refractivity (Wildman–Crippen MR) is 121 cm³/mol. The van der Waals surface area contributed by atoms with E-state index in [9.17, 15) is 13.2 Å². The minimum absolute atomic E-state index is 0.128. The summed E-state index contributed by atoms with van der Waals surface area (Å²) in [5, 5.41) is 3.26. The quantitative estimate of drug-likeness (QED) is 0.639. The molecule has 0 fully saturated rings. The van der Waals surface area contributed by atoms with Crippen molar-refractivity contribution in [1.29, 1.82) is 0 Å². The second-order valence-corrected chi connectivity index (χ2v) is 9.86. The lowest BCUT2D eigenvalue weighted by Crippen LogP contribution is -2.28. The highest BCUT2D eigenvalue weighted by Crippen LogP contribution is 2.49. The van der Waals surface area contributed by atoms with Crippen molar-refractivity contribution < 1.29 is 13.2 Å². The second-order valence-electron chi connectivity index (χ2n) is 7.94. The van der Waals surface area contributed by atoms with Crippen LogP contribution in [-0.4, -0.2) is 14.2 Å². The molecule has 1 atom stereocenters. The highest BCUT2D eigenvalue weighted by molar-refractivity contribution is 7.95. The molecule has 31 heavy (non-hydrogen) atoms. The normalized spacial score (nSPS) is 18.0. The van der Waals surface area contributed by atoms with E-state index in [1.54, 1.807) is 43.3 Å². The number of sulfone groups is 1. The number of carbonyl (C=O) groups excluding carboxylic acids is 1. The number of benzene rings is 3. The Labute approximate surface area is 181 Å². The van der Waals surface area contributed by atoms with Crippen molar-refractivity contribution in [3.05, 3.63) is 117 Å². The number of allylic oxidation sites excluding steroid dienone is 3. The molecule has 0 bridgehead atoms. The Morgan fingerprint density at radius 1 is 0.774 bits per heavy atom. The van der Waals surface area contributed by atoms with Crippen LogP contribution >= 0.6 is 0 Å². The van der Waals surface area contributed by atoms with Gasteiger partial charge in [-0.1, -0.05) is 72.3 Å². The summed E-state index contributed by atoms with van der Waals surface area (Å²) in [6, 6.07) is 23.5. The van der Waals surface area contributed by atoms with E-state index >= 15 is 0 Å². The van der Waals surface area contributed by atoms with Gasteiger partial charge in [0.1, 0.15) is 0 Å². The van der Waals surface area contributed by atoms with Crippen LogP contribution in [0.1, 0.15) is 39.9 Å². The molecule has 5 heteroatoms. The predicted octanol–water partition coefficient (Wildman–Crippen LogP) is 4.99. The van der Waals surface area contributed by atoms with Crippen LogP contribution < -0.4 is 5.32 Å². The fourth-order valence-corrected chi connectivity index (χ4v) is 6.26. The van der Waals surface area contributed by atoms with Crippen molar-refractivity contribution in [3.63, 3.8) is 0 Å². The molecule has 2 aliphatic rings. The highest BCUT2D eigenvalue weighted by Gasteiger charge is 2.44. The van der Waals surface area contributed by atoms with Crippen molar-refractivity contribution >= 4 is 21.3 Å². The Kier molecular flexibility index (Phi) is 4.45. The van der Waals surface area contributed by atoms with E-state index < -0.39 is 15.8 Å². The van der Waals surface area contributed by atoms with E-state index in [1.165, 1.54) is 0 Å². The van der Waals surface area contributed by atoms with E-state index in [2.05, 4.69) is 5.32 Å². The van der Waals surface area contributed by atoms with E-state index in [4.69, 9.17) is 0 Å². The summed E-state index contributed by atoms with van der Waals surface area (Å²) in [6.07, 6.45) is 0. The first kappa shape index (κ1) is 19.5. The molecule has 3 aromatic carbocycles. The molecule has 1 aliphatic heterocycles. The van der Waals surface area contributed by atoms with Gasteiger partial charge in [0.25, 0.3) is 0 Å². The van der Waals surface area contributed by atoms with Crippen LogP contribution in [-0.2, 0) is 9.84 Å². The van der Waals surface area contributed by atoms with Crippen LogP contribution in [0, 0.1) is 6.92 Å². The summed E-state index contributed by atoms with van der Waals surface area (Å²) in [4.78, 5) is 13.9. The third-order valence-electron chi connectivity index (χ3n) is 5.94. The maximum atomic E-state index is 13.8. The van der Waals surface area contributed by atoms with Gasteiger partial charge in [-0.3, -0.25) is 4.79 Å². The lowest BCUT2D eigenvalue weighted by molar-refractivity contribution is 0.103. The number of hydrogen-bond acceptors (Lipinski definition) is 4. The number of Topliss-reactive ketones (excluding diaryl/α,β-unsaturated/α-hetero) is 1. The van der Waals surface area contributed by atoms with E-state index in [0.717, 1.165) is 16.7 Å². The second kappa shape index (κ2) is 7.06. The Balaban J connectivity index is 1.77. The zero-order valence-electron chi connectivity index (χ0n) is 17.2. The van der Waals surface area contributed by atoms with Gasteiger partial charge < -0.3 is 5.32 Å². The SMILES string of the molecule is CC1=C(S(=O)(=O)c2ccccc2)C(c2ccc(C)cc2)C2=C(N1)c1ccccc1C2=O. The molecule has 5 rings (SSSR count). The van der Waals surface area contributed by atoms with Crippen LogP contribution in [0.3, 0.4) is 0 Å². The molecule has 154 valence electrons.